The van der Waals surface area contributed by atoms with Gasteiger partial charge in [-0.15, -0.1) is 0 Å². The van der Waals surface area contributed by atoms with Crippen molar-refractivity contribution < 1.29 is 19.4 Å². The number of hydrogen-bond acceptors (Lipinski definition) is 7. The first-order valence-corrected chi connectivity index (χ1v) is 5.91. The molecule has 1 heterocycles. The molecule has 1 rings (SSSR count). The number of methoxy groups -OCH3 is 2. The number of carbonyl (C=O) groups is 1. The smallest absolute Gasteiger partial charge is 0.376 e. The molecule has 1 aromatic heterocycles. The molecule has 7 heteroatoms. The Morgan fingerprint density at radius 3 is 2.79 bits per heavy atom. The minimum absolute atomic E-state index is 0.00478. The van der Waals surface area contributed by atoms with Gasteiger partial charge in [0.25, 0.3) is 0 Å². The van der Waals surface area contributed by atoms with Crippen LogP contribution in [0.25, 0.3) is 0 Å². The van der Waals surface area contributed by atoms with Gasteiger partial charge in [-0.1, -0.05) is 0 Å². The number of aryl methyl sites for hydroxylation is 1. The Kier molecular flexibility index (Phi) is 6.17. The largest absolute Gasteiger partial charge is 0.463 e. The summed E-state index contributed by atoms with van der Waals surface area (Å²) in [6, 6.07) is 1.63. The number of carbonyl (C=O) groups excluding carboxylic acids is 1. The van der Waals surface area contributed by atoms with Crippen molar-refractivity contribution >= 4 is 11.8 Å². The second-order valence-electron chi connectivity index (χ2n) is 4.02. The van der Waals surface area contributed by atoms with Gasteiger partial charge in [-0.25, -0.2) is 14.8 Å². The molecule has 0 saturated heterocycles. The lowest BCUT2D eigenvalue weighted by atomic mass is 10.2. The molecule has 0 bridgehead atoms. The monoisotopic (exact) mass is 269 g/mol. The van der Waals surface area contributed by atoms with E-state index in [2.05, 4.69) is 20.0 Å². The lowest BCUT2D eigenvalue weighted by molar-refractivity contribution is 0.0586. The van der Waals surface area contributed by atoms with Crippen LogP contribution in [0.15, 0.2) is 6.07 Å². The van der Waals surface area contributed by atoms with Crippen molar-refractivity contribution in [3.05, 3.63) is 17.6 Å². The fourth-order valence-electron chi connectivity index (χ4n) is 1.59. The Bertz CT molecular complexity index is 419. The van der Waals surface area contributed by atoms with E-state index in [9.17, 15) is 4.79 Å². The van der Waals surface area contributed by atoms with Crippen LogP contribution in [0, 0.1) is 6.92 Å². The maximum absolute atomic E-state index is 11.4. The van der Waals surface area contributed by atoms with E-state index in [1.54, 1.807) is 20.1 Å². The van der Waals surface area contributed by atoms with Gasteiger partial charge in [0.1, 0.15) is 5.82 Å². The van der Waals surface area contributed by atoms with Gasteiger partial charge in [-0.2, -0.15) is 0 Å². The fourth-order valence-corrected chi connectivity index (χ4v) is 1.59. The molecule has 0 aliphatic rings. The molecule has 0 spiro atoms. The predicted octanol–water partition coefficient (Wildman–Crippen LogP) is 0.381. The summed E-state index contributed by atoms with van der Waals surface area (Å²) in [6.07, 6.45) is 0.518. The van der Waals surface area contributed by atoms with E-state index in [-0.39, 0.29) is 18.5 Å². The van der Waals surface area contributed by atoms with Crippen molar-refractivity contribution in [3.8, 4) is 0 Å². The first kappa shape index (κ1) is 15.3. The molecule has 0 aromatic carbocycles. The second-order valence-corrected chi connectivity index (χ2v) is 4.02. The standard InChI is InChI=1S/C12H19N3O4/c1-8-6-10(14-9(4-5-16)7-18-2)15-11(13-8)12(17)19-3/h6,9,16H,4-5,7H2,1-3H3,(H,13,14,15). The third kappa shape index (κ3) is 4.80. The molecule has 0 saturated carbocycles. The van der Waals surface area contributed by atoms with Crippen molar-refractivity contribution in [1.82, 2.24) is 9.97 Å². The highest BCUT2D eigenvalue weighted by Crippen LogP contribution is 2.10. The Balaban J connectivity index is 2.87. The Hall–Kier alpha value is -1.73. The number of rotatable bonds is 7. The zero-order valence-electron chi connectivity index (χ0n) is 11.3. The van der Waals surface area contributed by atoms with E-state index in [1.165, 1.54) is 7.11 Å². The molecule has 7 nitrogen and oxygen atoms in total. The lowest BCUT2D eigenvalue weighted by Crippen LogP contribution is -2.27. The normalized spacial score (nSPS) is 12.0. The minimum atomic E-state index is -0.586. The van der Waals surface area contributed by atoms with Crippen molar-refractivity contribution in [3.63, 3.8) is 0 Å². The van der Waals surface area contributed by atoms with Gasteiger partial charge in [-0.05, 0) is 13.3 Å². The molecule has 0 fully saturated rings. The van der Waals surface area contributed by atoms with Gasteiger partial charge in [0, 0.05) is 25.5 Å². The summed E-state index contributed by atoms with van der Waals surface area (Å²) in [7, 11) is 2.86. The van der Waals surface area contributed by atoms with Crippen LogP contribution in [0.1, 0.15) is 22.7 Å². The summed E-state index contributed by atoms with van der Waals surface area (Å²) in [5.74, 6) is -0.0780. The molecule has 2 N–H and O–H groups in total. The molecule has 0 radical (unpaired) electrons. The molecule has 0 aliphatic heterocycles. The molecule has 1 atom stereocenters. The van der Waals surface area contributed by atoms with E-state index in [4.69, 9.17) is 9.84 Å². The van der Waals surface area contributed by atoms with E-state index < -0.39 is 5.97 Å². The van der Waals surface area contributed by atoms with Crippen LogP contribution in [0.2, 0.25) is 0 Å². The highest BCUT2D eigenvalue weighted by Gasteiger charge is 2.14. The van der Waals surface area contributed by atoms with Gasteiger partial charge in [0.15, 0.2) is 0 Å². The van der Waals surface area contributed by atoms with Crippen LogP contribution < -0.4 is 5.32 Å². The van der Waals surface area contributed by atoms with Gasteiger partial charge in [-0.3, -0.25) is 0 Å². The zero-order valence-corrected chi connectivity index (χ0v) is 11.3. The van der Waals surface area contributed by atoms with Crippen LogP contribution in [0.4, 0.5) is 5.82 Å². The molecular formula is C12H19N3O4. The number of aliphatic hydroxyl groups excluding tert-OH is 1. The Morgan fingerprint density at radius 2 is 2.21 bits per heavy atom. The van der Waals surface area contributed by atoms with Crippen molar-refractivity contribution in [1.29, 1.82) is 0 Å². The Morgan fingerprint density at radius 1 is 1.47 bits per heavy atom. The third-order valence-electron chi connectivity index (χ3n) is 2.42. The van der Waals surface area contributed by atoms with Crippen LogP contribution in [-0.2, 0) is 9.47 Å². The molecule has 0 amide bonds. The maximum atomic E-state index is 11.4. The quantitative estimate of drug-likeness (QED) is 0.691. The van der Waals surface area contributed by atoms with E-state index >= 15 is 0 Å². The SMILES string of the molecule is COCC(CCO)Nc1cc(C)nc(C(=O)OC)n1. The highest BCUT2D eigenvalue weighted by atomic mass is 16.5. The summed E-state index contributed by atoms with van der Waals surface area (Å²) in [5, 5.41) is 12.1. The van der Waals surface area contributed by atoms with Crippen LogP contribution in [0.5, 0.6) is 0 Å². The minimum Gasteiger partial charge on any atom is -0.463 e. The van der Waals surface area contributed by atoms with Crippen molar-refractivity contribution in [2.75, 3.05) is 32.8 Å². The van der Waals surface area contributed by atoms with E-state index in [0.717, 1.165) is 0 Å². The zero-order chi connectivity index (χ0) is 14.3. The predicted molar refractivity (Wildman–Crippen MR) is 69.1 cm³/mol. The fraction of sp³-hybridized carbons (Fsp3) is 0.583. The van der Waals surface area contributed by atoms with Crippen molar-refractivity contribution in [2.24, 2.45) is 0 Å². The number of aliphatic hydroxyl groups is 1. The second kappa shape index (κ2) is 7.65. The summed E-state index contributed by atoms with van der Waals surface area (Å²) < 4.78 is 9.64. The number of ether oxygens (including phenoxy) is 2. The van der Waals surface area contributed by atoms with Crippen LogP contribution in [-0.4, -0.2) is 54.5 Å². The number of anilines is 1. The number of nitrogens with one attached hydrogen (secondary N) is 1. The first-order valence-electron chi connectivity index (χ1n) is 5.91. The van der Waals surface area contributed by atoms with E-state index in [1.807, 2.05) is 0 Å². The van der Waals surface area contributed by atoms with Gasteiger partial charge in [0.05, 0.1) is 19.8 Å². The number of esters is 1. The molecule has 1 unspecified atom stereocenters. The number of hydrogen-bond donors (Lipinski definition) is 2. The highest BCUT2D eigenvalue weighted by molar-refractivity contribution is 5.85. The maximum Gasteiger partial charge on any atom is 0.376 e. The van der Waals surface area contributed by atoms with Gasteiger partial charge in [0.2, 0.25) is 5.82 Å². The topological polar surface area (TPSA) is 93.6 Å². The summed E-state index contributed by atoms with van der Waals surface area (Å²) >= 11 is 0. The average Bonchev–Trinajstić information content (AvgIpc) is 2.37. The summed E-state index contributed by atoms with van der Waals surface area (Å²) in [6.45, 7) is 2.22. The summed E-state index contributed by atoms with van der Waals surface area (Å²) in [4.78, 5) is 19.5. The van der Waals surface area contributed by atoms with E-state index in [0.29, 0.717) is 24.5 Å². The van der Waals surface area contributed by atoms with Crippen LogP contribution in [0.3, 0.4) is 0 Å². The Labute approximate surface area is 112 Å². The molecule has 19 heavy (non-hydrogen) atoms. The summed E-state index contributed by atoms with van der Waals surface area (Å²) in [5.41, 5.74) is 0.651. The van der Waals surface area contributed by atoms with Gasteiger partial charge >= 0.3 is 5.97 Å². The molecule has 0 aliphatic carbocycles. The van der Waals surface area contributed by atoms with Gasteiger partial charge < -0.3 is 19.9 Å². The molecular weight excluding hydrogens is 250 g/mol. The molecule has 1 aromatic rings. The number of nitrogens with zero attached hydrogens (tertiary/aromatic N) is 2. The van der Waals surface area contributed by atoms with Crippen LogP contribution >= 0.6 is 0 Å². The first-order chi connectivity index (χ1) is 9.10. The lowest BCUT2D eigenvalue weighted by Gasteiger charge is -2.17. The number of aromatic nitrogens is 2. The van der Waals surface area contributed by atoms with Crippen molar-refractivity contribution in [2.45, 2.75) is 19.4 Å². The molecule has 106 valence electrons. The average molecular weight is 269 g/mol. The third-order valence-corrected chi connectivity index (χ3v) is 2.42.